The van der Waals surface area contributed by atoms with Crippen molar-refractivity contribution in [2.75, 3.05) is 11.9 Å². The van der Waals surface area contributed by atoms with Crippen LogP contribution in [-0.4, -0.2) is 22.6 Å². The number of benzene rings is 1. The maximum Gasteiger partial charge on any atom is 0.264 e. The molecule has 1 aromatic heterocycles. The van der Waals surface area contributed by atoms with Crippen molar-refractivity contribution in [3.8, 4) is 5.75 Å². The van der Waals surface area contributed by atoms with Gasteiger partial charge in [-0.2, -0.15) is 0 Å². The van der Waals surface area contributed by atoms with Crippen molar-refractivity contribution in [1.29, 1.82) is 0 Å². The van der Waals surface area contributed by atoms with E-state index >= 15 is 0 Å². The molecule has 0 aliphatic carbocycles. The average molecular weight is 322 g/mol. The minimum absolute atomic E-state index is 0.154. The molecule has 2 aromatic rings. The first-order valence-corrected chi connectivity index (χ1v) is 6.83. The second-order valence-corrected chi connectivity index (χ2v) is 4.75. The van der Waals surface area contributed by atoms with Crippen LogP contribution >= 0.6 is 23.8 Å². The summed E-state index contributed by atoms with van der Waals surface area (Å²) in [5.74, 6) is 0.607. The third kappa shape index (κ3) is 5.02. The highest BCUT2D eigenvalue weighted by molar-refractivity contribution is 7.80. The van der Waals surface area contributed by atoms with E-state index in [0.717, 1.165) is 0 Å². The number of rotatable bonds is 4. The fraction of sp³-hybridized carbons (Fsp3) is 0.0714. The van der Waals surface area contributed by atoms with Gasteiger partial charge in [0.15, 0.2) is 11.7 Å². The Labute approximate surface area is 132 Å². The Balaban J connectivity index is 1.79. The normalized spacial score (nSPS) is 9.76. The van der Waals surface area contributed by atoms with E-state index in [2.05, 4.69) is 15.6 Å². The molecule has 0 spiro atoms. The standard InChI is InChI=1S/C14H12ClN3O2S/c15-10-5-1-2-6-11(10)20-9-13(19)18-14(21)17-12-7-3-4-8-16-12/h1-8H,9H2,(H2,16,17,18,19,21). The Bertz CT molecular complexity index is 637. The van der Waals surface area contributed by atoms with Gasteiger partial charge in [0.25, 0.3) is 5.91 Å². The summed E-state index contributed by atoms with van der Waals surface area (Å²) in [4.78, 5) is 15.7. The molecule has 1 amide bonds. The zero-order valence-corrected chi connectivity index (χ0v) is 12.4. The number of carbonyl (C=O) groups is 1. The van der Waals surface area contributed by atoms with Crippen LogP contribution in [0, 0.1) is 0 Å². The zero-order chi connectivity index (χ0) is 15.1. The molecule has 0 saturated carbocycles. The molecule has 0 atom stereocenters. The van der Waals surface area contributed by atoms with Crippen molar-refractivity contribution < 1.29 is 9.53 Å². The van der Waals surface area contributed by atoms with Crippen LogP contribution in [-0.2, 0) is 4.79 Å². The van der Waals surface area contributed by atoms with Gasteiger partial charge in [0, 0.05) is 6.20 Å². The number of halogens is 1. The summed E-state index contributed by atoms with van der Waals surface area (Å²) < 4.78 is 5.30. The Kier molecular flexibility index (Phi) is 5.48. The number of aromatic nitrogens is 1. The fourth-order valence-electron chi connectivity index (χ4n) is 1.45. The number of ether oxygens (including phenoxy) is 1. The predicted octanol–water partition coefficient (Wildman–Crippen LogP) is 2.63. The molecular formula is C14H12ClN3O2S. The van der Waals surface area contributed by atoms with Crippen LogP contribution < -0.4 is 15.4 Å². The molecule has 2 N–H and O–H groups in total. The molecular weight excluding hydrogens is 310 g/mol. The van der Waals surface area contributed by atoms with Crippen LogP contribution in [0.4, 0.5) is 5.82 Å². The number of hydrogen-bond donors (Lipinski definition) is 2. The van der Waals surface area contributed by atoms with Crippen LogP contribution in [0.2, 0.25) is 5.02 Å². The highest BCUT2D eigenvalue weighted by Crippen LogP contribution is 2.22. The average Bonchev–Trinajstić information content (AvgIpc) is 2.47. The van der Waals surface area contributed by atoms with Gasteiger partial charge in [-0.15, -0.1) is 0 Å². The first kappa shape index (κ1) is 15.2. The maximum absolute atomic E-state index is 11.7. The summed E-state index contributed by atoms with van der Waals surface area (Å²) in [6.07, 6.45) is 1.62. The summed E-state index contributed by atoms with van der Waals surface area (Å²) in [6.45, 7) is -0.187. The van der Waals surface area contributed by atoms with Crippen molar-refractivity contribution in [2.24, 2.45) is 0 Å². The van der Waals surface area contributed by atoms with Gasteiger partial charge in [-0.1, -0.05) is 29.8 Å². The minimum Gasteiger partial charge on any atom is -0.482 e. The predicted molar refractivity (Wildman–Crippen MR) is 85.5 cm³/mol. The monoisotopic (exact) mass is 321 g/mol. The summed E-state index contributed by atoms with van der Waals surface area (Å²) in [5, 5.41) is 5.88. The molecule has 1 aromatic carbocycles. The lowest BCUT2D eigenvalue weighted by Gasteiger charge is -2.10. The number of carbonyl (C=O) groups excluding carboxylic acids is 1. The molecule has 1 heterocycles. The Hall–Kier alpha value is -2.18. The van der Waals surface area contributed by atoms with E-state index in [-0.39, 0.29) is 17.6 Å². The summed E-state index contributed by atoms with van der Waals surface area (Å²) in [6, 6.07) is 12.2. The van der Waals surface area contributed by atoms with E-state index < -0.39 is 0 Å². The van der Waals surface area contributed by atoms with Gasteiger partial charge in [-0.25, -0.2) is 4.98 Å². The lowest BCUT2D eigenvalue weighted by Crippen LogP contribution is -2.37. The van der Waals surface area contributed by atoms with E-state index in [1.807, 2.05) is 0 Å². The molecule has 0 radical (unpaired) electrons. The zero-order valence-electron chi connectivity index (χ0n) is 10.9. The number of amides is 1. The van der Waals surface area contributed by atoms with Crippen molar-refractivity contribution in [3.05, 3.63) is 53.7 Å². The Morgan fingerprint density at radius 3 is 2.71 bits per heavy atom. The van der Waals surface area contributed by atoms with Gasteiger partial charge in [0.1, 0.15) is 11.6 Å². The highest BCUT2D eigenvalue weighted by Gasteiger charge is 2.07. The van der Waals surface area contributed by atoms with Crippen molar-refractivity contribution in [1.82, 2.24) is 10.3 Å². The molecule has 21 heavy (non-hydrogen) atoms. The lowest BCUT2D eigenvalue weighted by molar-refractivity contribution is -0.121. The first-order valence-electron chi connectivity index (χ1n) is 6.04. The van der Waals surface area contributed by atoms with E-state index in [9.17, 15) is 4.79 Å². The number of nitrogens with zero attached hydrogens (tertiary/aromatic N) is 1. The number of anilines is 1. The van der Waals surface area contributed by atoms with E-state index in [0.29, 0.717) is 16.6 Å². The van der Waals surface area contributed by atoms with Gasteiger partial charge in [0.05, 0.1) is 5.02 Å². The quantitative estimate of drug-likeness (QED) is 0.848. The molecule has 108 valence electrons. The van der Waals surface area contributed by atoms with Crippen LogP contribution in [0.15, 0.2) is 48.7 Å². The van der Waals surface area contributed by atoms with Crippen LogP contribution in [0.5, 0.6) is 5.75 Å². The molecule has 5 nitrogen and oxygen atoms in total. The maximum atomic E-state index is 11.7. The summed E-state index contributed by atoms with van der Waals surface area (Å²) in [7, 11) is 0. The topological polar surface area (TPSA) is 63.2 Å². The van der Waals surface area contributed by atoms with Gasteiger partial charge in [0.2, 0.25) is 0 Å². The van der Waals surface area contributed by atoms with Gasteiger partial charge in [-0.3, -0.25) is 10.1 Å². The number of pyridine rings is 1. The van der Waals surface area contributed by atoms with E-state index in [1.54, 1.807) is 48.7 Å². The highest BCUT2D eigenvalue weighted by atomic mass is 35.5. The number of nitrogens with one attached hydrogen (secondary N) is 2. The second-order valence-electron chi connectivity index (χ2n) is 3.94. The van der Waals surface area contributed by atoms with E-state index in [1.165, 1.54) is 0 Å². The van der Waals surface area contributed by atoms with Crippen LogP contribution in [0.25, 0.3) is 0 Å². The SMILES string of the molecule is O=C(COc1ccccc1Cl)NC(=S)Nc1ccccn1. The molecule has 0 unspecified atom stereocenters. The summed E-state index contributed by atoms with van der Waals surface area (Å²) in [5.41, 5.74) is 0. The molecule has 0 fully saturated rings. The number of hydrogen-bond acceptors (Lipinski definition) is 4. The largest absolute Gasteiger partial charge is 0.482 e. The first-order chi connectivity index (χ1) is 10.1. The molecule has 0 saturated heterocycles. The van der Waals surface area contributed by atoms with E-state index in [4.69, 9.17) is 28.6 Å². The van der Waals surface area contributed by atoms with Crippen molar-refractivity contribution in [2.45, 2.75) is 0 Å². The summed E-state index contributed by atoms with van der Waals surface area (Å²) >= 11 is 10.9. The smallest absolute Gasteiger partial charge is 0.264 e. The Morgan fingerprint density at radius 2 is 2.00 bits per heavy atom. The molecule has 7 heteroatoms. The second kappa shape index (κ2) is 7.56. The molecule has 2 rings (SSSR count). The minimum atomic E-state index is -0.386. The van der Waals surface area contributed by atoms with Gasteiger partial charge in [-0.05, 0) is 36.5 Å². The van der Waals surface area contributed by atoms with Crippen molar-refractivity contribution >= 4 is 40.7 Å². The van der Waals surface area contributed by atoms with Crippen molar-refractivity contribution in [3.63, 3.8) is 0 Å². The number of para-hydroxylation sites is 1. The van der Waals surface area contributed by atoms with Crippen LogP contribution in [0.3, 0.4) is 0 Å². The fourth-order valence-corrected chi connectivity index (χ4v) is 1.86. The molecule has 0 aliphatic heterocycles. The lowest BCUT2D eigenvalue weighted by atomic mass is 10.3. The van der Waals surface area contributed by atoms with Gasteiger partial charge < -0.3 is 10.1 Å². The Morgan fingerprint density at radius 1 is 1.24 bits per heavy atom. The van der Waals surface area contributed by atoms with Gasteiger partial charge >= 0.3 is 0 Å². The van der Waals surface area contributed by atoms with Crippen LogP contribution in [0.1, 0.15) is 0 Å². The third-order valence-corrected chi connectivity index (χ3v) is 2.87. The third-order valence-electron chi connectivity index (χ3n) is 2.35. The molecule has 0 aliphatic rings. The number of thiocarbonyl (C=S) groups is 1. The molecule has 0 bridgehead atoms.